The van der Waals surface area contributed by atoms with Crippen LogP contribution in [0.15, 0.2) is 72.1 Å². The van der Waals surface area contributed by atoms with Crippen molar-refractivity contribution in [2.75, 3.05) is 5.32 Å². The van der Waals surface area contributed by atoms with E-state index in [9.17, 15) is 14.4 Å². The van der Waals surface area contributed by atoms with Crippen molar-refractivity contribution in [3.63, 3.8) is 0 Å². The maximum atomic E-state index is 12.6. The van der Waals surface area contributed by atoms with Crippen LogP contribution in [0.1, 0.15) is 27.2 Å². The van der Waals surface area contributed by atoms with Crippen LogP contribution in [0.5, 0.6) is 0 Å². The van der Waals surface area contributed by atoms with E-state index >= 15 is 0 Å². The number of ether oxygens (including phenoxy) is 1. The van der Waals surface area contributed by atoms with Crippen molar-refractivity contribution < 1.29 is 19.1 Å². The molecule has 0 aliphatic heterocycles. The van der Waals surface area contributed by atoms with Gasteiger partial charge in [0.1, 0.15) is 6.61 Å². The Kier molecular flexibility index (Phi) is 6.89. The second kappa shape index (κ2) is 9.77. The number of ketones is 1. The molecule has 7 heteroatoms. The number of amides is 1. The van der Waals surface area contributed by atoms with E-state index in [2.05, 4.69) is 5.32 Å². The van der Waals surface area contributed by atoms with Crippen molar-refractivity contribution in [1.29, 1.82) is 0 Å². The number of carbonyl (C=O) groups excluding carboxylic acids is 3. The molecule has 1 unspecified atom stereocenters. The summed E-state index contributed by atoms with van der Waals surface area (Å²) >= 11 is 1.23. The van der Waals surface area contributed by atoms with Gasteiger partial charge in [0.2, 0.25) is 11.7 Å². The molecule has 3 aromatic rings. The quantitative estimate of drug-likeness (QED) is 0.440. The summed E-state index contributed by atoms with van der Waals surface area (Å²) in [5.41, 5.74) is 7.60. The highest BCUT2D eigenvalue weighted by Crippen LogP contribution is 2.25. The largest absolute Gasteiger partial charge is 0.461 e. The van der Waals surface area contributed by atoms with E-state index in [-0.39, 0.29) is 18.8 Å². The SMILES string of the molecule is NC(CC(=O)OCc1ccccc1)C(=O)Nc1ccsc1C(=O)c1ccccc1. The van der Waals surface area contributed by atoms with Gasteiger partial charge in [0.25, 0.3) is 0 Å². The van der Waals surface area contributed by atoms with Crippen LogP contribution in [0.4, 0.5) is 5.69 Å². The molecule has 0 saturated heterocycles. The van der Waals surface area contributed by atoms with Gasteiger partial charge in [0.15, 0.2) is 0 Å². The molecular formula is C22H20N2O4S. The first-order valence-electron chi connectivity index (χ1n) is 8.98. The van der Waals surface area contributed by atoms with Crippen molar-refractivity contribution in [1.82, 2.24) is 0 Å². The van der Waals surface area contributed by atoms with Crippen molar-refractivity contribution >= 4 is 34.7 Å². The van der Waals surface area contributed by atoms with Gasteiger partial charge in [-0.3, -0.25) is 14.4 Å². The fourth-order valence-electron chi connectivity index (χ4n) is 2.60. The van der Waals surface area contributed by atoms with Gasteiger partial charge in [-0.15, -0.1) is 11.3 Å². The number of rotatable bonds is 8. The second-order valence-electron chi connectivity index (χ2n) is 6.30. The molecule has 0 bridgehead atoms. The lowest BCUT2D eigenvalue weighted by Crippen LogP contribution is -2.38. The molecule has 0 saturated carbocycles. The van der Waals surface area contributed by atoms with E-state index in [0.29, 0.717) is 16.1 Å². The van der Waals surface area contributed by atoms with E-state index in [4.69, 9.17) is 10.5 Å². The molecule has 1 heterocycles. The molecule has 0 spiro atoms. The normalized spacial score (nSPS) is 11.5. The Bertz CT molecular complexity index is 986. The van der Waals surface area contributed by atoms with Crippen LogP contribution >= 0.6 is 11.3 Å². The second-order valence-corrected chi connectivity index (χ2v) is 7.22. The van der Waals surface area contributed by atoms with E-state index < -0.39 is 17.9 Å². The molecule has 0 fully saturated rings. The van der Waals surface area contributed by atoms with Gasteiger partial charge in [-0.05, 0) is 17.0 Å². The molecule has 3 N–H and O–H groups in total. The summed E-state index contributed by atoms with van der Waals surface area (Å²) in [5.74, 6) is -1.31. The minimum absolute atomic E-state index is 0.119. The number of nitrogens with two attached hydrogens (primary N) is 1. The molecule has 1 amide bonds. The molecule has 6 nitrogen and oxygen atoms in total. The third kappa shape index (κ3) is 5.60. The predicted molar refractivity (Wildman–Crippen MR) is 112 cm³/mol. The zero-order valence-corrected chi connectivity index (χ0v) is 16.4. The van der Waals surface area contributed by atoms with Crippen LogP contribution in [0.2, 0.25) is 0 Å². The van der Waals surface area contributed by atoms with Crippen LogP contribution in [0.3, 0.4) is 0 Å². The molecule has 29 heavy (non-hydrogen) atoms. The van der Waals surface area contributed by atoms with Crippen LogP contribution in [0, 0.1) is 0 Å². The standard InChI is InChI=1S/C22H20N2O4S/c23-17(13-19(25)28-14-15-7-3-1-4-8-15)22(27)24-18-11-12-29-21(18)20(26)16-9-5-2-6-10-16/h1-12,17H,13-14,23H2,(H,24,27). The zero-order chi connectivity index (χ0) is 20.6. The molecule has 2 aromatic carbocycles. The Morgan fingerprint density at radius 2 is 1.62 bits per heavy atom. The number of anilines is 1. The monoisotopic (exact) mass is 408 g/mol. The van der Waals surface area contributed by atoms with Crippen molar-refractivity contribution in [2.45, 2.75) is 19.1 Å². The summed E-state index contributed by atoms with van der Waals surface area (Å²) in [6.07, 6.45) is -0.259. The third-order valence-corrected chi connectivity index (χ3v) is 5.04. The number of carbonyl (C=O) groups is 3. The highest BCUT2D eigenvalue weighted by molar-refractivity contribution is 7.13. The minimum atomic E-state index is -1.09. The van der Waals surface area contributed by atoms with Gasteiger partial charge >= 0.3 is 5.97 Å². The summed E-state index contributed by atoms with van der Waals surface area (Å²) in [6, 6.07) is 18.6. The average molecular weight is 408 g/mol. The average Bonchev–Trinajstić information content (AvgIpc) is 3.21. The van der Waals surface area contributed by atoms with Crippen LogP contribution in [-0.2, 0) is 20.9 Å². The third-order valence-electron chi connectivity index (χ3n) is 4.13. The summed E-state index contributed by atoms with van der Waals surface area (Å²) in [5, 5.41) is 4.35. The number of benzene rings is 2. The van der Waals surface area contributed by atoms with Crippen molar-refractivity contribution in [3.8, 4) is 0 Å². The highest BCUT2D eigenvalue weighted by Gasteiger charge is 2.22. The summed E-state index contributed by atoms with van der Waals surface area (Å²) in [7, 11) is 0. The number of esters is 1. The number of nitrogens with one attached hydrogen (secondary N) is 1. The number of thiophene rings is 1. The Balaban J connectivity index is 1.55. The van der Waals surface area contributed by atoms with Crippen molar-refractivity contribution in [3.05, 3.63) is 88.1 Å². The predicted octanol–water partition coefficient (Wildman–Crippen LogP) is 3.38. The topological polar surface area (TPSA) is 98.5 Å². The van der Waals surface area contributed by atoms with Gasteiger partial charge in [0.05, 0.1) is 23.0 Å². The molecule has 0 radical (unpaired) electrons. The molecule has 0 aliphatic carbocycles. The summed E-state index contributed by atoms with van der Waals surface area (Å²) in [6.45, 7) is 0.119. The van der Waals surface area contributed by atoms with Crippen molar-refractivity contribution in [2.24, 2.45) is 5.73 Å². The highest BCUT2D eigenvalue weighted by atomic mass is 32.1. The van der Waals surface area contributed by atoms with Crippen LogP contribution in [-0.4, -0.2) is 23.7 Å². The first-order valence-corrected chi connectivity index (χ1v) is 9.86. The van der Waals surface area contributed by atoms with Gasteiger partial charge in [-0.1, -0.05) is 60.7 Å². The number of hydrogen-bond donors (Lipinski definition) is 2. The Hall–Kier alpha value is -3.29. The molecule has 148 valence electrons. The maximum Gasteiger partial charge on any atom is 0.308 e. The maximum absolute atomic E-state index is 12.6. The lowest BCUT2D eigenvalue weighted by Gasteiger charge is -2.12. The lowest BCUT2D eigenvalue weighted by atomic mass is 10.1. The Morgan fingerprint density at radius 1 is 0.966 bits per heavy atom. The number of hydrogen-bond acceptors (Lipinski definition) is 6. The lowest BCUT2D eigenvalue weighted by molar-refractivity contribution is -0.146. The Labute approximate surface area is 172 Å². The fourth-order valence-corrected chi connectivity index (χ4v) is 3.41. The van der Waals surface area contributed by atoms with E-state index in [1.54, 1.807) is 35.7 Å². The minimum Gasteiger partial charge on any atom is -0.461 e. The van der Waals surface area contributed by atoms with Gasteiger partial charge < -0.3 is 15.8 Å². The zero-order valence-electron chi connectivity index (χ0n) is 15.5. The molecule has 3 rings (SSSR count). The van der Waals surface area contributed by atoms with E-state index in [1.165, 1.54) is 11.3 Å². The van der Waals surface area contributed by atoms with Crippen LogP contribution < -0.4 is 11.1 Å². The van der Waals surface area contributed by atoms with Crippen LogP contribution in [0.25, 0.3) is 0 Å². The molecule has 0 aliphatic rings. The molecule has 1 aromatic heterocycles. The first-order chi connectivity index (χ1) is 14.0. The summed E-state index contributed by atoms with van der Waals surface area (Å²) < 4.78 is 5.15. The van der Waals surface area contributed by atoms with Gasteiger partial charge in [0, 0.05) is 5.56 Å². The van der Waals surface area contributed by atoms with Gasteiger partial charge in [-0.25, -0.2) is 0 Å². The fraction of sp³-hybridized carbons (Fsp3) is 0.136. The first kappa shape index (κ1) is 20.4. The Morgan fingerprint density at radius 3 is 2.31 bits per heavy atom. The van der Waals surface area contributed by atoms with E-state index in [1.807, 2.05) is 36.4 Å². The summed E-state index contributed by atoms with van der Waals surface area (Å²) in [4.78, 5) is 37.4. The van der Waals surface area contributed by atoms with E-state index in [0.717, 1.165) is 5.56 Å². The van der Waals surface area contributed by atoms with Gasteiger partial charge in [-0.2, -0.15) is 0 Å². The molecular weight excluding hydrogens is 388 g/mol. The smallest absolute Gasteiger partial charge is 0.308 e. The molecule has 1 atom stereocenters.